The van der Waals surface area contributed by atoms with Gasteiger partial charge in [-0.1, -0.05) is 0 Å². The Bertz CT molecular complexity index is 425. The molecule has 2 heterocycles. The van der Waals surface area contributed by atoms with Crippen molar-refractivity contribution in [3.63, 3.8) is 0 Å². The Morgan fingerprint density at radius 1 is 1.59 bits per heavy atom. The molecule has 1 saturated heterocycles. The predicted octanol–water partition coefficient (Wildman–Crippen LogP) is -2.13. The Labute approximate surface area is 99.0 Å². The lowest BCUT2D eigenvalue weighted by Crippen LogP contribution is -2.32. The summed E-state index contributed by atoms with van der Waals surface area (Å²) in [6, 6.07) is 0. The van der Waals surface area contributed by atoms with Gasteiger partial charge < -0.3 is 20.7 Å². The highest BCUT2D eigenvalue weighted by Crippen LogP contribution is 2.29. The highest BCUT2D eigenvalue weighted by atomic mass is 31.0. The van der Waals surface area contributed by atoms with E-state index in [0.717, 1.165) is 0 Å². The van der Waals surface area contributed by atoms with E-state index in [-0.39, 0.29) is 5.82 Å². The number of rotatable bonds is 3. The van der Waals surface area contributed by atoms with E-state index in [4.69, 9.17) is 10.5 Å². The summed E-state index contributed by atoms with van der Waals surface area (Å²) in [6.07, 6.45) is -1.78. The van der Waals surface area contributed by atoms with E-state index in [0.29, 0.717) is 6.16 Å². The molecule has 0 saturated carbocycles. The Morgan fingerprint density at radius 2 is 2.29 bits per heavy atom. The van der Waals surface area contributed by atoms with Crippen molar-refractivity contribution in [1.29, 1.82) is 0 Å². The predicted molar refractivity (Wildman–Crippen MR) is 59.0 cm³/mol. The largest absolute Gasteiger partial charge is 0.388 e. The van der Waals surface area contributed by atoms with Crippen molar-refractivity contribution in [3.8, 4) is 0 Å². The molecule has 1 aliphatic heterocycles. The average Bonchev–Trinajstić information content (AvgIpc) is 2.87. The molecule has 4 N–H and O–H groups in total. The van der Waals surface area contributed by atoms with Crippen molar-refractivity contribution in [3.05, 3.63) is 12.2 Å². The van der Waals surface area contributed by atoms with Crippen molar-refractivity contribution >= 4 is 15.1 Å². The van der Waals surface area contributed by atoms with Crippen molar-refractivity contribution in [2.45, 2.75) is 24.5 Å². The molecule has 0 aromatic carbocycles. The summed E-state index contributed by atoms with van der Waals surface area (Å²) < 4.78 is 6.58. The van der Waals surface area contributed by atoms with Gasteiger partial charge in [-0.3, -0.25) is 4.79 Å². The number of nitrogens with two attached hydrogens (primary N) is 1. The maximum absolute atomic E-state index is 10.8. The summed E-state index contributed by atoms with van der Waals surface area (Å²) >= 11 is 0. The van der Waals surface area contributed by atoms with Gasteiger partial charge in [-0.05, 0) is 6.16 Å². The first-order chi connectivity index (χ1) is 8.04. The second-order valence-corrected chi connectivity index (χ2v) is 4.17. The van der Waals surface area contributed by atoms with Crippen LogP contribution >= 0.6 is 9.24 Å². The van der Waals surface area contributed by atoms with Gasteiger partial charge in [-0.25, -0.2) is 9.67 Å². The highest BCUT2D eigenvalue weighted by Gasteiger charge is 2.43. The van der Waals surface area contributed by atoms with Crippen LogP contribution in [-0.4, -0.2) is 55.4 Å². The molecule has 1 amide bonds. The maximum atomic E-state index is 10.8. The highest BCUT2D eigenvalue weighted by molar-refractivity contribution is 7.16. The lowest BCUT2D eigenvalue weighted by Gasteiger charge is -2.13. The molecule has 1 aliphatic rings. The van der Waals surface area contributed by atoms with Crippen molar-refractivity contribution in [2.75, 3.05) is 6.16 Å². The number of aromatic nitrogens is 3. The van der Waals surface area contributed by atoms with Gasteiger partial charge in [0, 0.05) is 0 Å². The van der Waals surface area contributed by atoms with Gasteiger partial charge in [0.05, 0.1) is 6.10 Å². The fraction of sp³-hybridized carbons (Fsp3) is 0.625. The van der Waals surface area contributed by atoms with Crippen LogP contribution in [0.25, 0.3) is 0 Å². The van der Waals surface area contributed by atoms with Crippen LogP contribution < -0.4 is 5.73 Å². The molecule has 0 bridgehead atoms. The van der Waals surface area contributed by atoms with Gasteiger partial charge in [0.1, 0.15) is 18.5 Å². The van der Waals surface area contributed by atoms with Crippen LogP contribution in [0.1, 0.15) is 16.8 Å². The minimum atomic E-state index is -1.12. The summed E-state index contributed by atoms with van der Waals surface area (Å²) in [5.41, 5.74) is 5.01. The molecule has 1 unspecified atom stereocenters. The zero-order valence-corrected chi connectivity index (χ0v) is 9.96. The summed E-state index contributed by atoms with van der Waals surface area (Å²) in [4.78, 5) is 14.5. The molecule has 94 valence electrons. The molecule has 1 fully saturated rings. The van der Waals surface area contributed by atoms with Crippen LogP contribution in [-0.2, 0) is 4.74 Å². The Hall–Kier alpha value is -1.08. The van der Waals surface area contributed by atoms with Crippen LogP contribution in [0.2, 0.25) is 0 Å². The van der Waals surface area contributed by atoms with Gasteiger partial charge in [0.15, 0.2) is 6.23 Å². The first-order valence-corrected chi connectivity index (χ1v) is 5.79. The fourth-order valence-electron chi connectivity index (χ4n) is 1.65. The molecule has 0 radical (unpaired) electrons. The number of aliphatic hydroxyl groups is 2. The van der Waals surface area contributed by atoms with E-state index in [1.807, 2.05) is 0 Å². The third-order valence-electron chi connectivity index (χ3n) is 2.56. The van der Waals surface area contributed by atoms with Crippen molar-refractivity contribution in [2.24, 2.45) is 5.73 Å². The zero-order valence-electron chi connectivity index (χ0n) is 8.80. The zero-order chi connectivity index (χ0) is 12.6. The maximum Gasteiger partial charge on any atom is 0.288 e. The third kappa shape index (κ3) is 2.16. The monoisotopic (exact) mass is 260 g/mol. The van der Waals surface area contributed by atoms with E-state index in [9.17, 15) is 15.0 Å². The number of aliphatic hydroxyl groups excluding tert-OH is 2. The van der Waals surface area contributed by atoms with Crippen LogP contribution in [0.4, 0.5) is 0 Å². The fourth-order valence-corrected chi connectivity index (χ4v) is 2.04. The number of hydrogen-bond acceptors (Lipinski definition) is 6. The molecule has 17 heavy (non-hydrogen) atoms. The summed E-state index contributed by atoms with van der Waals surface area (Å²) in [6.45, 7) is 0. The summed E-state index contributed by atoms with van der Waals surface area (Å²) in [5.74, 6) is -0.927. The minimum Gasteiger partial charge on any atom is -0.388 e. The van der Waals surface area contributed by atoms with Gasteiger partial charge >= 0.3 is 0 Å². The van der Waals surface area contributed by atoms with Crippen molar-refractivity contribution < 1.29 is 19.7 Å². The van der Waals surface area contributed by atoms with Gasteiger partial charge in [-0.2, -0.15) is 0 Å². The molecule has 8 nitrogen and oxygen atoms in total. The van der Waals surface area contributed by atoms with Crippen LogP contribution in [0.15, 0.2) is 6.33 Å². The Morgan fingerprint density at radius 3 is 2.76 bits per heavy atom. The van der Waals surface area contributed by atoms with E-state index in [1.165, 1.54) is 11.0 Å². The quantitative estimate of drug-likeness (QED) is 0.533. The van der Waals surface area contributed by atoms with E-state index < -0.39 is 30.4 Å². The van der Waals surface area contributed by atoms with Crippen LogP contribution in [0.3, 0.4) is 0 Å². The average molecular weight is 260 g/mol. The van der Waals surface area contributed by atoms with Crippen LogP contribution in [0, 0.1) is 0 Å². The number of amides is 1. The van der Waals surface area contributed by atoms with E-state index >= 15 is 0 Å². The molecular weight excluding hydrogens is 247 g/mol. The summed E-state index contributed by atoms with van der Waals surface area (Å²) in [5, 5.41) is 23.2. The molecule has 0 aliphatic carbocycles. The smallest absolute Gasteiger partial charge is 0.288 e. The molecule has 0 spiro atoms. The second-order valence-electron chi connectivity index (χ2n) is 3.69. The van der Waals surface area contributed by atoms with E-state index in [2.05, 4.69) is 19.3 Å². The number of carbonyl (C=O) groups excluding carboxylic acids is 1. The minimum absolute atomic E-state index is 0.162. The van der Waals surface area contributed by atoms with Gasteiger partial charge in [0.2, 0.25) is 5.82 Å². The number of hydrogen-bond donors (Lipinski definition) is 3. The second kappa shape index (κ2) is 4.66. The SMILES string of the molecule is NC(=O)c1ncn([C@@H]2O[C@H](CP)[C@@H](O)[C@H]2O)n1. The topological polar surface area (TPSA) is 123 Å². The Kier molecular flexibility index (Phi) is 3.39. The first kappa shape index (κ1) is 12.4. The molecular formula is C8H13N4O4P. The van der Waals surface area contributed by atoms with Crippen molar-refractivity contribution in [1.82, 2.24) is 14.8 Å². The van der Waals surface area contributed by atoms with Gasteiger partial charge in [0.25, 0.3) is 5.91 Å². The van der Waals surface area contributed by atoms with Crippen LogP contribution in [0.5, 0.6) is 0 Å². The lowest BCUT2D eigenvalue weighted by molar-refractivity contribution is -0.0390. The lowest BCUT2D eigenvalue weighted by atomic mass is 10.1. The molecule has 2 rings (SSSR count). The number of primary amides is 1. The molecule has 1 aromatic heterocycles. The number of ether oxygens (including phenoxy) is 1. The third-order valence-corrected chi connectivity index (χ3v) is 3.02. The molecule has 9 heteroatoms. The first-order valence-electron chi connectivity index (χ1n) is 4.97. The normalized spacial score (nSPS) is 32.9. The number of carbonyl (C=O) groups is 1. The molecule has 5 atom stereocenters. The molecule has 1 aromatic rings. The standard InChI is InChI=1S/C8H13N4O4P/c9-6(15)7-10-2-12(11-7)8-5(14)4(13)3(1-17)16-8/h2-5,8,13-14H,1,17H2,(H2,9,15)/t3-,4-,5-,8-/m1/s1. The number of nitrogens with zero attached hydrogens (tertiary/aromatic N) is 3. The van der Waals surface area contributed by atoms with Gasteiger partial charge in [-0.15, -0.1) is 14.3 Å². The summed E-state index contributed by atoms with van der Waals surface area (Å²) in [7, 11) is 2.42. The van der Waals surface area contributed by atoms with E-state index in [1.54, 1.807) is 0 Å². The Balaban J connectivity index is 2.19.